The van der Waals surface area contributed by atoms with Gasteiger partial charge in [0, 0.05) is 0 Å². The summed E-state index contributed by atoms with van der Waals surface area (Å²) in [7, 11) is 0. The molecule has 0 aromatic heterocycles. The molecule has 1 nitrogen and oxygen atoms in total. The van der Waals surface area contributed by atoms with Crippen LogP contribution >= 0.6 is 0 Å². The summed E-state index contributed by atoms with van der Waals surface area (Å²) in [6.45, 7) is 3.14. The second-order valence-electron chi connectivity index (χ2n) is 5.67. The molecule has 0 amide bonds. The minimum atomic E-state index is -0.141. The lowest BCUT2D eigenvalue weighted by molar-refractivity contribution is 0.537. The molecule has 110 valence electrons. The Morgan fingerprint density at radius 1 is 1.20 bits per heavy atom. The minimum absolute atomic E-state index is 0.141. The molecule has 1 unspecified atom stereocenters. The van der Waals surface area contributed by atoms with Gasteiger partial charge in [0.1, 0.15) is 5.82 Å². The third-order valence-electron chi connectivity index (χ3n) is 3.98. The second-order valence-corrected chi connectivity index (χ2v) is 5.67. The van der Waals surface area contributed by atoms with Gasteiger partial charge in [-0.25, -0.2) is 4.39 Å². The molecule has 1 aromatic carbocycles. The van der Waals surface area contributed by atoms with E-state index in [9.17, 15) is 4.39 Å². The van der Waals surface area contributed by atoms with E-state index in [0.717, 1.165) is 31.4 Å². The molecule has 0 aliphatic heterocycles. The van der Waals surface area contributed by atoms with Gasteiger partial charge in [-0.05, 0) is 56.3 Å². The van der Waals surface area contributed by atoms with Gasteiger partial charge in [-0.1, -0.05) is 43.5 Å². The number of halogens is 1. The zero-order valence-electron chi connectivity index (χ0n) is 12.5. The first-order valence-corrected chi connectivity index (χ1v) is 7.99. The van der Waals surface area contributed by atoms with Crippen molar-refractivity contribution in [3.05, 3.63) is 47.3 Å². The number of allylic oxidation sites excluding steroid dienone is 1. The van der Waals surface area contributed by atoms with E-state index in [1.807, 2.05) is 12.1 Å². The summed E-state index contributed by atoms with van der Waals surface area (Å²) in [5.41, 5.74) is 2.51. The monoisotopic (exact) mass is 275 g/mol. The number of nitrogens with one attached hydrogen (secondary N) is 1. The Morgan fingerprint density at radius 3 is 2.85 bits per heavy atom. The van der Waals surface area contributed by atoms with Crippen LogP contribution in [0, 0.1) is 5.82 Å². The predicted molar refractivity (Wildman–Crippen MR) is 83.2 cm³/mol. The van der Waals surface area contributed by atoms with Crippen molar-refractivity contribution >= 4 is 0 Å². The van der Waals surface area contributed by atoms with Gasteiger partial charge in [0.25, 0.3) is 0 Å². The smallest absolute Gasteiger partial charge is 0.123 e. The fourth-order valence-corrected chi connectivity index (χ4v) is 2.92. The highest BCUT2D eigenvalue weighted by molar-refractivity contribution is 5.29. The van der Waals surface area contributed by atoms with E-state index in [0.29, 0.717) is 0 Å². The molecule has 2 rings (SSSR count). The molecule has 0 heterocycles. The van der Waals surface area contributed by atoms with Crippen LogP contribution in [0.4, 0.5) is 4.39 Å². The Morgan fingerprint density at radius 2 is 2.05 bits per heavy atom. The molecule has 1 aliphatic carbocycles. The minimum Gasteiger partial charge on any atom is -0.307 e. The van der Waals surface area contributed by atoms with Gasteiger partial charge in [-0.15, -0.1) is 0 Å². The second kappa shape index (κ2) is 8.21. The van der Waals surface area contributed by atoms with Crippen LogP contribution in [-0.4, -0.2) is 6.54 Å². The van der Waals surface area contributed by atoms with Crippen molar-refractivity contribution in [3.63, 3.8) is 0 Å². The molecular weight excluding hydrogens is 249 g/mol. The van der Waals surface area contributed by atoms with Gasteiger partial charge in [0.05, 0.1) is 6.04 Å². The van der Waals surface area contributed by atoms with Crippen molar-refractivity contribution in [1.29, 1.82) is 0 Å². The average molecular weight is 275 g/mol. The van der Waals surface area contributed by atoms with Gasteiger partial charge in [-0.3, -0.25) is 0 Å². The molecule has 1 aromatic rings. The summed E-state index contributed by atoms with van der Waals surface area (Å²) in [5, 5.41) is 3.60. The largest absolute Gasteiger partial charge is 0.307 e. The quantitative estimate of drug-likeness (QED) is 0.733. The summed E-state index contributed by atoms with van der Waals surface area (Å²) >= 11 is 0. The zero-order chi connectivity index (χ0) is 14.2. The first kappa shape index (κ1) is 15.2. The van der Waals surface area contributed by atoms with Gasteiger partial charge in [0.2, 0.25) is 0 Å². The highest BCUT2D eigenvalue weighted by atomic mass is 19.1. The molecule has 1 aliphatic rings. The van der Waals surface area contributed by atoms with Gasteiger partial charge in [-0.2, -0.15) is 0 Å². The van der Waals surface area contributed by atoms with E-state index in [1.165, 1.54) is 37.3 Å². The molecule has 0 bridgehead atoms. The van der Waals surface area contributed by atoms with Gasteiger partial charge < -0.3 is 5.32 Å². The van der Waals surface area contributed by atoms with E-state index in [1.54, 1.807) is 6.07 Å². The Hall–Kier alpha value is -1.15. The van der Waals surface area contributed by atoms with Crippen LogP contribution in [0.15, 0.2) is 35.9 Å². The van der Waals surface area contributed by atoms with Gasteiger partial charge >= 0.3 is 0 Å². The topological polar surface area (TPSA) is 12.0 Å². The van der Waals surface area contributed by atoms with E-state index in [2.05, 4.69) is 18.3 Å². The molecule has 0 radical (unpaired) electrons. The maximum atomic E-state index is 13.5. The average Bonchev–Trinajstić information content (AvgIpc) is 2.41. The molecule has 1 N–H and O–H groups in total. The first-order valence-electron chi connectivity index (χ1n) is 7.99. The van der Waals surface area contributed by atoms with E-state index in [-0.39, 0.29) is 11.9 Å². The summed E-state index contributed by atoms with van der Waals surface area (Å²) in [6.07, 6.45) is 11.0. The lowest BCUT2D eigenvalue weighted by Gasteiger charge is -2.24. The van der Waals surface area contributed by atoms with Crippen LogP contribution in [0.3, 0.4) is 0 Å². The lowest BCUT2D eigenvalue weighted by atomic mass is 9.91. The Labute approximate surface area is 122 Å². The Balaban J connectivity index is 2.21. The van der Waals surface area contributed by atoms with Crippen LogP contribution < -0.4 is 5.32 Å². The molecule has 2 heteroatoms. The molecule has 20 heavy (non-hydrogen) atoms. The predicted octanol–water partition coefficient (Wildman–Crippen LogP) is 5.15. The number of hydrogen-bond acceptors (Lipinski definition) is 1. The van der Waals surface area contributed by atoms with Crippen LogP contribution in [-0.2, 0) is 0 Å². The Bertz CT molecular complexity index is 439. The molecule has 0 saturated carbocycles. The standard InChI is InChI=1S/C18H26FN/c1-2-13-20-18(16-11-8-12-17(19)14-16)15-9-6-4-3-5-7-10-15/h8-9,11-12,14,18,20H,2-7,10,13H2,1H3/b15-9+. The first-order chi connectivity index (χ1) is 9.81. The normalized spacial score (nSPS) is 20.6. The lowest BCUT2D eigenvalue weighted by Crippen LogP contribution is -2.24. The van der Waals surface area contributed by atoms with Crippen LogP contribution in [0.25, 0.3) is 0 Å². The zero-order valence-corrected chi connectivity index (χ0v) is 12.5. The summed E-state index contributed by atoms with van der Waals surface area (Å²) in [6, 6.07) is 7.23. The van der Waals surface area contributed by atoms with Crippen molar-refractivity contribution in [2.75, 3.05) is 6.54 Å². The summed E-state index contributed by atoms with van der Waals surface area (Å²) in [5.74, 6) is -0.141. The van der Waals surface area contributed by atoms with Crippen molar-refractivity contribution in [2.45, 2.75) is 57.9 Å². The van der Waals surface area contributed by atoms with E-state index in [4.69, 9.17) is 0 Å². The number of rotatable bonds is 5. The third-order valence-corrected chi connectivity index (χ3v) is 3.98. The van der Waals surface area contributed by atoms with Crippen LogP contribution in [0.5, 0.6) is 0 Å². The molecule has 0 spiro atoms. The van der Waals surface area contributed by atoms with Crippen molar-refractivity contribution in [2.24, 2.45) is 0 Å². The summed E-state index contributed by atoms with van der Waals surface area (Å²) in [4.78, 5) is 0. The number of hydrogen-bond donors (Lipinski definition) is 1. The van der Waals surface area contributed by atoms with Gasteiger partial charge in [0.15, 0.2) is 0 Å². The maximum Gasteiger partial charge on any atom is 0.123 e. The molecule has 0 saturated heterocycles. The Kier molecular flexibility index (Phi) is 6.25. The fraction of sp³-hybridized carbons (Fsp3) is 0.556. The van der Waals surface area contributed by atoms with E-state index < -0.39 is 0 Å². The maximum absolute atomic E-state index is 13.5. The SMILES string of the molecule is CCCNC(/C1=C/CCCCCC1)c1cccc(F)c1. The van der Waals surface area contributed by atoms with Crippen molar-refractivity contribution < 1.29 is 4.39 Å². The van der Waals surface area contributed by atoms with Crippen LogP contribution in [0.1, 0.15) is 63.5 Å². The highest BCUT2D eigenvalue weighted by Gasteiger charge is 2.17. The van der Waals surface area contributed by atoms with Crippen LogP contribution in [0.2, 0.25) is 0 Å². The molecule has 0 fully saturated rings. The van der Waals surface area contributed by atoms with E-state index >= 15 is 0 Å². The molecular formula is C18H26FN. The highest BCUT2D eigenvalue weighted by Crippen LogP contribution is 2.29. The fourth-order valence-electron chi connectivity index (χ4n) is 2.92. The molecule has 1 atom stereocenters. The summed E-state index contributed by atoms with van der Waals surface area (Å²) < 4.78 is 13.5. The number of benzene rings is 1. The third kappa shape index (κ3) is 4.45. The van der Waals surface area contributed by atoms with Crippen molar-refractivity contribution in [1.82, 2.24) is 5.32 Å². The van der Waals surface area contributed by atoms with Crippen molar-refractivity contribution in [3.8, 4) is 0 Å².